The number of para-hydroxylation sites is 2. The molecule has 0 aliphatic rings. The smallest absolute Gasteiger partial charge is 0.245 e. The molecule has 0 fully saturated rings. The second-order valence-corrected chi connectivity index (χ2v) is 8.05. The molecule has 9 heteroatoms. The van der Waals surface area contributed by atoms with Gasteiger partial charge in [0.15, 0.2) is 0 Å². The van der Waals surface area contributed by atoms with Gasteiger partial charge in [0.25, 0.3) is 0 Å². The second kappa shape index (κ2) is 7.45. The molecule has 2 aromatic carbocycles. The van der Waals surface area contributed by atoms with Crippen molar-refractivity contribution in [2.24, 2.45) is 5.92 Å². The van der Waals surface area contributed by atoms with Crippen molar-refractivity contribution in [3.8, 4) is 0 Å². The van der Waals surface area contributed by atoms with Gasteiger partial charge in [0, 0.05) is 0 Å². The maximum atomic E-state index is 13.9. The molecule has 27 heavy (non-hydrogen) atoms. The van der Waals surface area contributed by atoms with Crippen LogP contribution in [0.3, 0.4) is 0 Å². The van der Waals surface area contributed by atoms with Crippen LogP contribution in [0.4, 0.5) is 10.3 Å². The summed E-state index contributed by atoms with van der Waals surface area (Å²) in [6.07, 6.45) is 0. The first kappa shape index (κ1) is 19.0. The van der Waals surface area contributed by atoms with E-state index >= 15 is 0 Å². The number of nitrogens with zero attached hydrogens (tertiary/aromatic N) is 1. The molecule has 1 heterocycles. The number of carbonyl (C=O) groups excluding carboxylic acids is 1. The normalized spacial score (nSPS) is 13.0. The minimum atomic E-state index is -4.21. The Labute approximate surface area is 156 Å². The zero-order chi connectivity index (χ0) is 19.6. The zero-order valence-electron chi connectivity index (χ0n) is 14.7. The van der Waals surface area contributed by atoms with Crippen LogP contribution in [-0.4, -0.2) is 30.3 Å². The Balaban J connectivity index is 1.82. The summed E-state index contributed by atoms with van der Waals surface area (Å²) < 4.78 is 41.2. The molecule has 0 aliphatic heterocycles. The lowest BCUT2D eigenvalue weighted by Gasteiger charge is -2.21. The van der Waals surface area contributed by atoms with E-state index in [-0.39, 0.29) is 11.9 Å². The SMILES string of the molecule is CC(C)[C@@H](NS(=O)(=O)c1ccccc1F)C(=O)Nc1nc2ccccc2[nH]1. The van der Waals surface area contributed by atoms with Crippen molar-refractivity contribution in [2.45, 2.75) is 24.8 Å². The minimum absolute atomic E-state index is 0.205. The first-order valence-electron chi connectivity index (χ1n) is 8.30. The quantitative estimate of drug-likeness (QED) is 0.602. The summed E-state index contributed by atoms with van der Waals surface area (Å²) in [6.45, 7) is 3.37. The van der Waals surface area contributed by atoms with Gasteiger partial charge in [-0.05, 0) is 30.2 Å². The van der Waals surface area contributed by atoms with Crippen LogP contribution in [0.25, 0.3) is 11.0 Å². The van der Waals surface area contributed by atoms with Crippen LogP contribution in [0, 0.1) is 11.7 Å². The van der Waals surface area contributed by atoms with E-state index < -0.39 is 32.7 Å². The number of anilines is 1. The molecule has 0 aliphatic carbocycles. The first-order valence-corrected chi connectivity index (χ1v) is 9.79. The van der Waals surface area contributed by atoms with Gasteiger partial charge in [-0.1, -0.05) is 38.1 Å². The molecule has 3 aromatic rings. The predicted octanol–water partition coefficient (Wildman–Crippen LogP) is 2.64. The third kappa shape index (κ3) is 4.15. The van der Waals surface area contributed by atoms with Crippen LogP contribution in [0.15, 0.2) is 53.4 Å². The number of sulfonamides is 1. The van der Waals surface area contributed by atoms with Gasteiger partial charge in [0.2, 0.25) is 21.9 Å². The van der Waals surface area contributed by atoms with E-state index in [1.54, 1.807) is 26.0 Å². The summed E-state index contributed by atoms with van der Waals surface area (Å²) in [4.78, 5) is 19.3. The molecule has 0 unspecified atom stereocenters. The number of benzene rings is 2. The van der Waals surface area contributed by atoms with E-state index in [0.717, 1.165) is 17.6 Å². The fourth-order valence-corrected chi connectivity index (χ4v) is 4.02. The lowest BCUT2D eigenvalue weighted by molar-refractivity contribution is -0.118. The molecule has 0 saturated carbocycles. The second-order valence-electron chi connectivity index (χ2n) is 6.37. The zero-order valence-corrected chi connectivity index (χ0v) is 15.5. The number of H-pyrrole nitrogens is 1. The molecule has 7 nitrogen and oxygen atoms in total. The number of fused-ring (bicyclic) bond motifs is 1. The van der Waals surface area contributed by atoms with Gasteiger partial charge in [-0.3, -0.25) is 10.1 Å². The summed E-state index contributed by atoms with van der Waals surface area (Å²) in [5.74, 6) is -1.65. The molecule has 1 atom stereocenters. The Kier molecular flexibility index (Phi) is 5.24. The molecule has 1 aromatic heterocycles. The van der Waals surface area contributed by atoms with Crippen LogP contribution in [0.2, 0.25) is 0 Å². The number of nitrogens with one attached hydrogen (secondary N) is 3. The lowest BCUT2D eigenvalue weighted by Crippen LogP contribution is -2.47. The van der Waals surface area contributed by atoms with Crippen LogP contribution in [-0.2, 0) is 14.8 Å². The van der Waals surface area contributed by atoms with E-state index in [9.17, 15) is 17.6 Å². The van der Waals surface area contributed by atoms with E-state index in [2.05, 4.69) is 20.0 Å². The van der Waals surface area contributed by atoms with Crippen molar-refractivity contribution in [1.29, 1.82) is 0 Å². The van der Waals surface area contributed by atoms with Crippen molar-refractivity contribution in [1.82, 2.24) is 14.7 Å². The minimum Gasteiger partial charge on any atom is -0.324 e. The number of imidazole rings is 1. The Bertz CT molecular complexity index is 1050. The molecule has 0 bridgehead atoms. The summed E-state index contributed by atoms with van der Waals surface area (Å²) in [5, 5.41) is 2.58. The monoisotopic (exact) mass is 390 g/mol. The third-order valence-corrected chi connectivity index (χ3v) is 5.46. The number of hydrogen-bond acceptors (Lipinski definition) is 4. The molecule has 0 spiro atoms. The van der Waals surface area contributed by atoms with E-state index in [1.165, 1.54) is 12.1 Å². The lowest BCUT2D eigenvalue weighted by atomic mass is 10.1. The molecule has 1 amide bonds. The molecule has 142 valence electrons. The number of aromatic nitrogens is 2. The van der Waals surface area contributed by atoms with Gasteiger partial charge in [0.1, 0.15) is 16.8 Å². The summed E-state index contributed by atoms with van der Waals surface area (Å²) in [5.41, 5.74) is 1.40. The van der Waals surface area contributed by atoms with Crippen molar-refractivity contribution in [3.05, 3.63) is 54.3 Å². The Morgan fingerprint density at radius 2 is 1.78 bits per heavy atom. The summed E-state index contributed by atoms with van der Waals surface area (Å²) in [7, 11) is -4.21. The van der Waals surface area contributed by atoms with E-state index in [1.807, 2.05) is 12.1 Å². The van der Waals surface area contributed by atoms with Gasteiger partial charge in [-0.15, -0.1) is 0 Å². The van der Waals surface area contributed by atoms with Crippen molar-refractivity contribution >= 4 is 32.9 Å². The molecule has 3 N–H and O–H groups in total. The predicted molar refractivity (Wildman–Crippen MR) is 100 cm³/mol. The van der Waals surface area contributed by atoms with Crippen molar-refractivity contribution in [2.75, 3.05) is 5.32 Å². The number of hydrogen-bond donors (Lipinski definition) is 3. The Hall–Kier alpha value is -2.78. The highest BCUT2D eigenvalue weighted by Crippen LogP contribution is 2.17. The highest BCUT2D eigenvalue weighted by molar-refractivity contribution is 7.89. The van der Waals surface area contributed by atoms with Crippen LogP contribution >= 0.6 is 0 Å². The maximum absolute atomic E-state index is 13.9. The number of rotatable bonds is 6. The molecular weight excluding hydrogens is 371 g/mol. The molecular formula is C18H19FN4O3S. The largest absolute Gasteiger partial charge is 0.324 e. The Morgan fingerprint density at radius 1 is 1.11 bits per heavy atom. The van der Waals surface area contributed by atoms with Crippen LogP contribution in [0.5, 0.6) is 0 Å². The third-order valence-electron chi connectivity index (χ3n) is 3.99. The average molecular weight is 390 g/mol. The summed E-state index contributed by atoms with van der Waals surface area (Å²) >= 11 is 0. The fourth-order valence-electron chi connectivity index (χ4n) is 2.59. The van der Waals surface area contributed by atoms with Crippen LogP contribution < -0.4 is 10.0 Å². The number of halogens is 1. The standard InChI is InChI=1S/C18H19FN4O3S/c1-11(2)16(23-27(25,26)15-10-6-3-7-12(15)19)17(24)22-18-20-13-8-4-5-9-14(13)21-18/h3-11,16,23H,1-2H3,(H2,20,21,22,24)/t16-/m1/s1. The van der Waals surface area contributed by atoms with Crippen molar-refractivity contribution in [3.63, 3.8) is 0 Å². The van der Waals surface area contributed by atoms with Gasteiger partial charge in [0.05, 0.1) is 11.0 Å². The van der Waals surface area contributed by atoms with Gasteiger partial charge in [-0.25, -0.2) is 17.8 Å². The maximum Gasteiger partial charge on any atom is 0.245 e. The van der Waals surface area contributed by atoms with Gasteiger partial charge in [-0.2, -0.15) is 4.72 Å². The van der Waals surface area contributed by atoms with E-state index in [4.69, 9.17) is 0 Å². The molecule has 3 rings (SSSR count). The fraction of sp³-hybridized carbons (Fsp3) is 0.222. The average Bonchev–Trinajstić information content (AvgIpc) is 3.01. The Morgan fingerprint density at radius 3 is 2.44 bits per heavy atom. The first-order chi connectivity index (χ1) is 12.8. The number of aromatic amines is 1. The van der Waals surface area contributed by atoms with Crippen molar-refractivity contribution < 1.29 is 17.6 Å². The highest BCUT2D eigenvalue weighted by Gasteiger charge is 2.30. The number of carbonyl (C=O) groups is 1. The molecule has 0 saturated heterocycles. The molecule has 0 radical (unpaired) electrons. The van der Waals surface area contributed by atoms with Crippen LogP contribution in [0.1, 0.15) is 13.8 Å². The topological polar surface area (TPSA) is 104 Å². The number of amides is 1. The van der Waals surface area contributed by atoms with Gasteiger partial charge < -0.3 is 4.98 Å². The highest BCUT2D eigenvalue weighted by atomic mass is 32.2. The van der Waals surface area contributed by atoms with Gasteiger partial charge >= 0.3 is 0 Å². The van der Waals surface area contributed by atoms with E-state index in [0.29, 0.717) is 5.52 Å². The summed E-state index contributed by atoms with van der Waals surface area (Å²) in [6, 6.07) is 11.1.